The monoisotopic (exact) mass is 494 g/mol. The number of nitrogens with zero attached hydrogens (tertiary/aromatic N) is 3. The van der Waals surface area contributed by atoms with Gasteiger partial charge in [-0.1, -0.05) is 17.8 Å². The third-order valence-corrected chi connectivity index (χ3v) is 6.58. The van der Waals surface area contributed by atoms with Crippen LogP contribution in [0.5, 0.6) is 11.5 Å². The first-order chi connectivity index (χ1) is 17.0. The van der Waals surface area contributed by atoms with Crippen LogP contribution in [0.4, 0.5) is 0 Å². The van der Waals surface area contributed by atoms with Gasteiger partial charge in [0.25, 0.3) is 0 Å². The van der Waals surface area contributed by atoms with E-state index in [0.717, 1.165) is 5.56 Å². The lowest BCUT2D eigenvalue weighted by Gasteiger charge is -2.36. The van der Waals surface area contributed by atoms with Crippen LogP contribution in [-0.4, -0.2) is 48.3 Å². The van der Waals surface area contributed by atoms with Crippen LogP contribution in [0.15, 0.2) is 70.1 Å². The molecular formula is C25H26N4O5S. The number of pyridine rings is 1. The Kier molecular flexibility index (Phi) is 7.40. The Morgan fingerprint density at radius 1 is 1.17 bits per heavy atom. The van der Waals surface area contributed by atoms with Gasteiger partial charge in [-0.3, -0.25) is 9.78 Å². The lowest BCUT2D eigenvalue weighted by Crippen LogP contribution is -2.38. The number of amides is 1. The third-order valence-electron chi connectivity index (χ3n) is 5.69. The molecule has 3 heterocycles. The lowest BCUT2D eigenvalue weighted by molar-refractivity contribution is -0.136. The van der Waals surface area contributed by atoms with Crippen LogP contribution in [0.2, 0.25) is 0 Å². The quantitative estimate of drug-likeness (QED) is 0.556. The van der Waals surface area contributed by atoms with E-state index in [4.69, 9.17) is 14.2 Å². The molecule has 0 saturated heterocycles. The highest BCUT2D eigenvalue weighted by Gasteiger charge is 2.42. The molecule has 10 heteroatoms. The molecule has 182 valence electrons. The standard InChI is InChI=1S/C25H26N4O5S/c1-15-22(24(31)34-4)23(19-11-18(32-2)7-8-20(19)33-3)29-17(14-35-25(29)28-15)10-21(30)27-13-16-6-5-9-26-12-16/h5-9,11-12,14,23H,10,13H2,1-4H3,(H,27,30). The molecule has 1 aromatic carbocycles. The minimum absolute atomic E-state index is 0.0998. The van der Waals surface area contributed by atoms with Gasteiger partial charge in [0.1, 0.15) is 11.5 Å². The van der Waals surface area contributed by atoms with Crippen molar-refractivity contribution < 1.29 is 23.8 Å². The minimum atomic E-state index is -0.618. The number of hydrogen-bond donors (Lipinski definition) is 1. The molecule has 0 fully saturated rings. The largest absolute Gasteiger partial charge is 0.497 e. The normalized spacial score (nSPS) is 16.8. The van der Waals surface area contributed by atoms with Gasteiger partial charge in [0, 0.05) is 30.2 Å². The first-order valence-electron chi connectivity index (χ1n) is 10.9. The number of amidine groups is 1. The molecule has 0 spiro atoms. The highest BCUT2D eigenvalue weighted by Crippen LogP contribution is 2.47. The third kappa shape index (κ3) is 5.02. The van der Waals surface area contributed by atoms with Gasteiger partial charge in [0.15, 0.2) is 5.17 Å². The van der Waals surface area contributed by atoms with Crippen molar-refractivity contribution in [1.82, 2.24) is 15.2 Å². The maximum Gasteiger partial charge on any atom is 0.338 e. The number of ether oxygens (including phenoxy) is 3. The molecule has 0 aliphatic carbocycles. The molecule has 2 aromatic rings. The number of carbonyl (C=O) groups excluding carboxylic acids is 2. The first kappa shape index (κ1) is 24.3. The van der Waals surface area contributed by atoms with Gasteiger partial charge in [0.05, 0.1) is 45.1 Å². The van der Waals surface area contributed by atoms with Crippen molar-refractivity contribution >= 4 is 28.8 Å². The molecule has 0 saturated carbocycles. The van der Waals surface area contributed by atoms with E-state index in [0.29, 0.717) is 45.7 Å². The highest BCUT2D eigenvalue weighted by atomic mass is 32.2. The summed E-state index contributed by atoms with van der Waals surface area (Å²) in [6.45, 7) is 2.14. The number of nitrogens with one attached hydrogen (secondary N) is 1. The lowest BCUT2D eigenvalue weighted by atomic mass is 9.93. The molecule has 2 aliphatic rings. The summed E-state index contributed by atoms with van der Waals surface area (Å²) in [5.74, 6) is 0.517. The van der Waals surface area contributed by atoms with Gasteiger partial charge in [-0.25, -0.2) is 9.79 Å². The molecule has 1 atom stereocenters. The highest BCUT2D eigenvalue weighted by molar-refractivity contribution is 8.16. The van der Waals surface area contributed by atoms with E-state index in [9.17, 15) is 9.59 Å². The molecule has 1 unspecified atom stereocenters. The van der Waals surface area contributed by atoms with E-state index < -0.39 is 12.0 Å². The van der Waals surface area contributed by atoms with Crippen LogP contribution in [0, 0.1) is 0 Å². The van der Waals surface area contributed by atoms with E-state index in [1.54, 1.807) is 45.7 Å². The Labute approximate surface area is 207 Å². The van der Waals surface area contributed by atoms with Gasteiger partial charge in [-0.15, -0.1) is 0 Å². The summed E-state index contributed by atoms with van der Waals surface area (Å²) in [4.78, 5) is 36.4. The zero-order valence-electron chi connectivity index (χ0n) is 19.9. The number of aliphatic imine (C=N–C) groups is 1. The summed E-state index contributed by atoms with van der Waals surface area (Å²) in [6, 6.07) is 8.50. The fraction of sp³-hybridized carbons (Fsp3) is 0.280. The number of methoxy groups -OCH3 is 3. The van der Waals surface area contributed by atoms with Gasteiger partial charge < -0.3 is 24.4 Å². The maximum atomic E-state index is 12.9. The summed E-state index contributed by atoms with van der Waals surface area (Å²) in [5.41, 5.74) is 3.22. The van der Waals surface area contributed by atoms with Gasteiger partial charge in [-0.2, -0.15) is 0 Å². The van der Waals surface area contributed by atoms with Gasteiger partial charge in [-0.05, 0) is 42.2 Å². The van der Waals surface area contributed by atoms with Crippen molar-refractivity contribution in [3.63, 3.8) is 0 Å². The summed E-state index contributed by atoms with van der Waals surface area (Å²) in [7, 11) is 4.48. The fourth-order valence-electron chi connectivity index (χ4n) is 4.02. The van der Waals surface area contributed by atoms with Crippen LogP contribution in [0.1, 0.15) is 30.5 Å². The van der Waals surface area contributed by atoms with Crippen LogP contribution < -0.4 is 14.8 Å². The van der Waals surface area contributed by atoms with Crippen molar-refractivity contribution in [2.45, 2.75) is 25.9 Å². The number of carbonyl (C=O) groups is 2. The zero-order chi connectivity index (χ0) is 24.9. The Morgan fingerprint density at radius 3 is 2.69 bits per heavy atom. The number of hydrogen-bond acceptors (Lipinski definition) is 9. The Hall–Kier alpha value is -3.79. The van der Waals surface area contributed by atoms with E-state index >= 15 is 0 Å². The summed E-state index contributed by atoms with van der Waals surface area (Å²) in [5, 5.41) is 5.48. The molecule has 1 aromatic heterocycles. The van der Waals surface area contributed by atoms with Crippen molar-refractivity contribution in [1.29, 1.82) is 0 Å². The SMILES string of the molecule is COC(=O)C1=C(C)N=C2SC=C(CC(=O)NCc3cccnc3)N2C1c1cc(OC)ccc1OC. The number of benzene rings is 1. The number of rotatable bonds is 8. The summed E-state index contributed by atoms with van der Waals surface area (Å²) in [6.07, 6.45) is 3.49. The molecular weight excluding hydrogens is 468 g/mol. The van der Waals surface area contributed by atoms with E-state index in [2.05, 4.69) is 15.3 Å². The summed E-state index contributed by atoms with van der Waals surface area (Å²) >= 11 is 1.40. The average Bonchev–Trinajstić information content (AvgIpc) is 3.28. The molecule has 35 heavy (non-hydrogen) atoms. The second-order valence-electron chi connectivity index (χ2n) is 7.81. The number of esters is 1. The molecule has 0 bridgehead atoms. The average molecular weight is 495 g/mol. The Morgan fingerprint density at radius 2 is 2.00 bits per heavy atom. The van der Waals surface area contributed by atoms with Crippen LogP contribution in [0.3, 0.4) is 0 Å². The smallest absolute Gasteiger partial charge is 0.338 e. The minimum Gasteiger partial charge on any atom is -0.497 e. The maximum absolute atomic E-state index is 12.9. The molecule has 1 amide bonds. The van der Waals surface area contributed by atoms with Crippen molar-refractivity contribution in [2.75, 3.05) is 21.3 Å². The second kappa shape index (κ2) is 10.6. The Bertz CT molecular complexity index is 1230. The van der Waals surface area contributed by atoms with Crippen LogP contribution in [0.25, 0.3) is 0 Å². The van der Waals surface area contributed by atoms with E-state index in [-0.39, 0.29) is 12.3 Å². The molecule has 9 nitrogen and oxygen atoms in total. The second-order valence-corrected chi connectivity index (χ2v) is 8.64. The first-order valence-corrected chi connectivity index (χ1v) is 11.7. The van der Waals surface area contributed by atoms with Crippen LogP contribution in [-0.2, 0) is 20.9 Å². The summed E-state index contributed by atoms with van der Waals surface area (Å²) < 4.78 is 16.2. The molecule has 1 N–H and O–H groups in total. The van der Waals surface area contributed by atoms with Gasteiger partial charge >= 0.3 is 5.97 Å². The van der Waals surface area contributed by atoms with Crippen molar-refractivity contribution in [2.24, 2.45) is 4.99 Å². The number of aromatic nitrogens is 1. The van der Waals surface area contributed by atoms with E-state index in [1.165, 1.54) is 18.9 Å². The molecule has 2 aliphatic heterocycles. The molecule has 0 radical (unpaired) electrons. The predicted octanol–water partition coefficient (Wildman–Crippen LogP) is 3.55. The molecule has 4 rings (SSSR count). The zero-order valence-corrected chi connectivity index (χ0v) is 20.7. The van der Waals surface area contributed by atoms with Gasteiger partial charge in [0.2, 0.25) is 5.91 Å². The number of thioether (sulfide) groups is 1. The van der Waals surface area contributed by atoms with Crippen molar-refractivity contribution in [3.05, 3.63) is 76.2 Å². The van der Waals surface area contributed by atoms with E-state index in [1.807, 2.05) is 28.5 Å². The number of allylic oxidation sites excluding steroid dienone is 1. The predicted molar refractivity (Wildman–Crippen MR) is 133 cm³/mol. The van der Waals surface area contributed by atoms with Crippen LogP contribution >= 0.6 is 11.8 Å². The topological polar surface area (TPSA) is 102 Å². The Balaban J connectivity index is 1.68. The number of fused-ring (bicyclic) bond motifs is 1. The van der Waals surface area contributed by atoms with Crippen molar-refractivity contribution in [3.8, 4) is 11.5 Å². The fourth-order valence-corrected chi connectivity index (χ4v) is 4.98.